The molecule has 0 aromatic carbocycles. The smallest absolute Gasteiger partial charge is 0.145 e. The molecule has 19 heavy (non-hydrogen) atoms. The third-order valence-corrected chi connectivity index (χ3v) is 2.91. The van der Waals surface area contributed by atoms with Crippen molar-refractivity contribution >= 4 is 11.6 Å². The summed E-state index contributed by atoms with van der Waals surface area (Å²) < 4.78 is 0. The maximum absolute atomic E-state index is 5.43. The molecule has 0 aliphatic heterocycles. The Labute approximate surface area is 116 Å². The minimum atomic E-state index is 0.670. The molecule has 0 spiro atoms. The van der Waals surface area contributed by atoms with Gasteiger partial charge in [-0.25, -0.2) is 15.8 Å². The van der Waals surface area contributed by atoms with E-state index in [1.807, 2.05) is 6.07 Å². The maximum atomic E-state index is 5.43. The largest absolute Gasteiger partial charge is 0.370 e. The van der Waals surface area contributed by atoms with Crippen molar-refractivity contribution in [3.8, 4) is 0 Å². The van der Waals surface area contributed by atoms with Crippen LogP contribution in [-0.4, -0.2) is 16.5 Å². The lowest BCUT2D eigenvalue weighted by Crippen LogP contribution is -2.12. The normalized spacial score (nSPS) is 10.8. The fraction of sp³-hybridized carbons (Fsp3) is 0.714. The summed E-state index contributed by atoms with van der Waals surface area (Å²) in [5, 5.41) is 3.35. The highest BCUT2D eigenvalue weighted by Crippen LogP contribution is 2.12. The second kappa shape index (κ2) is 8.69. The van der Waals surface area contributed by atoms with Crippen LogP contribution >= 0.6 is 0 Å². The Bertz CT molecular complexity index is 365. The summed E-state index contributed by atoms with van der Waals surface area (Å²) in [5.74, 6) is 8.57. The fourth-order valence-corrected chi connectivity index (χ4v) is 1.89. The summed E-state index contributed by atoms with van der Waals surface area (Å²) >= 11 is 0. The molecule has 5 heteroatoms. The first-order valence-corrected chi connectivity index (χ1v) is 7.24. The van der Waals surface area contributed by atoms with Gasteiger partial charge in [-0.1, -0.05) is 33.6 Å². The van der Waals surface area contributed by atoms with Crippen molar-refractivity contribution in [1.82, 2.24) is 9.97 Å². The first-order chi connectivity index (χ1) is 9.15. The van der Waals surface area contributed by atoms with Gasteiger partial charge in [0.2, 0.25) is 0 Å². The molecule has 5 nitrogen and oxygen atoms in total. The van der Waals surface area contributed by atoms with Gasteiger partial charge >= 0.3 is 0 Å². The molecule has 0 saturated carbocycles. The van der Waals surface area contributed by atoms with E-state index < -0.39 is 0 Å². The molecule has 4 N–H and O–H groups in total. The lowest BCUT2D eigenvalue weighted by molar-refractivity contribution is 0.544. The lowest BCUT2D eigenvalue weighted by atomic mass is 10.1. The second-order valence-electron chi connectivity index (χ2n) is 5.27. The maximum Gasteiger partial charge on any atom is 0.145 e. The molecule has 1 aromatic heterocycles. The number of anilines is 2. The minimum Gasteiger partial charge on any atom is -0.370 e. The third kappa shape index (κ3) is 6.38. The number of rotatable bonds is 9. The molecular weight excluding hydrogens is 238 g/mol. The number of nitrogens with one attached hydrogen (secondary N) is 2. The SMILES string of the molecule is CCCc1nc(NN)cc(NCCCCC(C)C)n1. The molecule has 0 saturated heterocycles. The van der Waals surface area contributed by atoms with Crippen molar-refractivity contribution in [2.45, 2.75) is 52.9 Å². The summed E-state index contributed by atoms with van der Waals surface area (Å²) in [4.78, 5) is 8.81. The van der Waals surface area contributed by atoms with E-state index in [4.69, 9.17) is 5.84 Å². The molecule has 0 amide bonds. The number of aromatic nitrogens is 2. The van der Waals surface area contributed by atoms with Crippen molar-refractivity contribution in [2.24, 2.45) is 11.8 Å². The van der Waals surface area contributed by atoms with Gasteiger partial charge in [0.15, 0.2) is 0 Å². The zero-order valence-electron chi connectivity index (χ0n) is 12.4. The van der Waals surface area contributed by atoms with Crippen LogP contribution in [0.15, 0.2) is 6.07 Å². The zero-order valence-corrected chi connectivity index (χ0v) is 12.4. The quantitative estimate of drug-likeness (QED) is 0.363. The van der Waals surface area contributed by atoms with Crippen molar-refractivity contribution < 1.29 is 0 Å². The molecule has 1 heterocycles. The van der Waals surface area contributed by atoms with Gasteiger partial charge in [0.25, 0.3) is 0 Å². The molecular formula is C14H27N5. The monoisotopic (exact) mass is 265 g/mol. The van der Waals surface area contributed by atoms with Crippen LogP contribution in [0.2, 0.25) is 0 Å². The van der Waals surface area contributed by atoms with E-state index in [1.54, 1.807) is 0 Å². The Morgan fingerprint density at radius 2 is 1.95 bits per heavy atom. The standard InChI is InChI=1S/C14H27N5/c1-4-7-12-17-13(10-14(18-12)19-15)16-9-6-5-8-11(2)3/h10-11H,4-9,15H2,1-3H3,(H2,16,17,18,19). The molecule has 1 rings (SSSR count). The van der Waals surface area contributed by atoms with Crippen molar-refractivity contribution in [2.75, 3.05) is 17.3 Å². The number of nitrogen functional groups attached to an aromatic ring is 1. The second-order valence-corrected chi connectivity index (χ2v) is 5.27. The van der Waals surface area contributed by atoms with E-state index in [0.717, 1.165) is 43.4 Å². The lowest BCUT2D eigenvalue weighted by Gasteiger charge is -2.10. The van der Waals surface area contributed by atoms with Gasteiger partial charge in [-0.2, -0.15) is 0 Å². The number of hydrogen-bond donors (Lipinski definition) is 3. The van der Waals surface area contributed by atoms with Crippen LogP contribution in [-0.2, 0) is 6.42 Å². The molecule has 0 aliphatic rings. The Morgan fingerprint density at radius 1 is 1.21 bits per heavy atom. The molecule has 108 valence electrons. The zero-order chi connectivity index (χ0) is 14.1. The number of hydrogen-bond acceptors (Lipinski definition) is 5. The Kier molecular flexibility index (Phi) is 7.18. The highest BCUT2D eigenvalue weighted by atomic mass is 15.3. The van der Waals surface area contributed by atoms with Crippen LogP contribution in [0.5, 0.6) is 0 Å². The Balaban J connectivity index is 2.45. The van der Waals surface area contributed by atoms with Crippen LogP contribution in [0.3, 0.4) is 0 Å². The van der Waals surface area contributed by atoms with E-state index in [1.165, 1.54) is 12.8 Å². The fourth-order valence-electron chi connectivity index (χ4n) is 1.89. The van der Waals surface area contributed by atoms with Crippen molar-refractivity contribution in [3.63, 3.8) is 0 Å². The van der Waals surface area contributed by atoms with Gasteiger partial charge in [-0.3, -0.25) is 0 Å². The van der Waals surface area contributed by atoms with E-state index >= 15 is 0 Å². The summed E-state index contributed by atoms with van der Waals surface area (Å²) in [6.45, 7) is 7.58. The Morgan fingerprint density at radius 3 is 2.58 bits per heavy atom. The van der Waals surface area contributed by atoms with E-state index in [2.05, 4.69) is 41.5 Å². The summed E-state index contributed by atoms with van der Waals surface area (Å²) in [6.07, 6.45) is 5.60. The average Bonchev–Trinajstić information content (AvgIpc) is 2.38. The van der Waals surface area contributed by atoms with Gasteiger partial charge < -0.3 is 10.7 Å². The highest BCUT2D eigenvalue weighted by molar-refractivity contribution is 5.46. The van der Waals surface area contributed by atoms with Gasteiger partial charge in [-0.05, 0) is 18.8 Å². The predicted octanol–water partition coefficient (Wildman–Crippen LogP) is 2.95. The van der Waals surface area contributed by atoms with Crippen LogP contribution in [0.25, 0.3) is 0 Å². The molecule has 0 radical (unpaired) electrons. The third-order valence-electron chi connectivity index (χ3n) is 2.91. The molecule has 0 aliphatic carbocycles. The first-order valence-electron chi connectivity index (χ1n) is 7.24. The number of nitrogens with two attached hydrogens (primary N) is 1. The van der Waals surface area contributed by atoms with E-state index in [0.29, 0.717) is 5.82 Å². The van der Waals surface area contributed by atoms with Crippen molar-refractivity contribution in [1.29, 1.82) is 0 Å². The molecule has 0 fully saturated rings. The summed E-state index contributed by atoms with van der Waals surface area (Å²) in [5.41, 5.74) is 2.59. The average molecular weight is 265 g/mol. The van der Waals surface area contributed by atoms with Gasteiger partial charge in [0.1, 0.15) is 17.5 Å². The predicted molar refractivity (Wildman–Crippen MR) is 81.0 cm³/mol. The number of nitrogens with zero attached hydrogens (tertiary/aromatic N) is 2. The van der Waals surface area contributed by atoms with Gasteiger partial charge in [0.05, 0.1) is 0 Å². The first kappa shape index (κ1) is 15.7. The topological polar surface area (TPSA) is 75.9 Å². The van der Waals surface area contributed by atoms with Crippen molar-refractivity contribution in [3.05, 3.63) is 11.9 Å². The summed E-state index contributed by atoms with van der Waals surface area (Å²) in [6, 6.07) is 1.85. The minimum absolute atomic E-state index is 0.670. The number of unbranched alkanes of at least 4 members (excludes halogenated alkanes) is 1. The van der Waals surface area contributed by atoms with Gasteiger partial charge in [-0.15, -0.1) is 0 Å². The molecule has 1 aromatic rings. The van der Waals surface area contributed by atoms with Gasteiger partial charge in [0, 0.05) is 19.0 Å². The number of hydrazine groups is 1. The highest BCUT2D eigenvalue weighted by Gasteiger charge is 2.03. The molecule has 0 unspecified atom stereocenters. The molecule has 0 bridgehead atoms. The summed E-state index contributed by atoms with van der Waals surface area (Å²) in [7, 11) is 0. The van der Waals surface area contributed by atoms with Crippen LogP contribution in [0.4, 0.5) is 11.6 Å². The molecule has 0 atom stereocenters. The van der Waals surface area contributed by atoms with E-state index in [-0.39, 0.29) is 0 Å². The Hall–Kier alpha value is -1.36. The van der Waals surface area contributed by atoms with Crippen LogP contribution < -0.4 is 16.6 Å². The van der Waals surface area contributed by atoms with Crippen LogP contribution in [0.1, 0.15) is 52.3 Å². The number of aryl methyl sites for hydroxylation is 1. The van der Waals surface area contributed by atoms with E-state index in [9.17, 15) is 0 Å². The van der Waals surface area contributed by atoms with Crippen LogP contribution in [0, 0.1) is 5.92 Å².